The Morgan fingerprint density at radius 1 is 0.421 bits per heavy atom. The first kappa shape index (κ1) is 16.2. The summed E-state index contributed by atoms with van der Waals surface area (Å²) in [4.78, 5) is 0. The van der Waals surface area contributed by atoms with Crippen molar-refractivity contribution in [2.45, 2.75) is 31.1 Å². The lowest BCUT2D eigenvalue weighted by Gasteiger charge is -2.32. The third kappa shape index (κ3) is 1.70. The van der Waals surface area contributed by atoms with Crippen molar-refractivity contribution >= 4 is 0 Å². The van der Waals surface area contributed by atoms with Gasteiger partial charge in [-0.3, -0.25) is 0 Å². The summed E-state index contributed by atoms with van der Waals surface area (Å²) in [6.07, 6.45) is -30.0. The van der Waals surface area contributed by atoms with Gasteiger partial charge in [-0.25, -0.2) is 0 Å². The molecule has 1 aliphatic rings. The maximum absolute atomic E-state index is 12.2. The fourth-order valence-corrected chi connectivity index (χ4v) is 2.04. The molecule has 0 aromatic rings. The van der Waals surface area contributed by atoms with Gasteiger partial charge in [0.05, 0.1) is 0 Å². The normalized spacial score (nSPS) is 23.4. The molecular formula is C7H2F12. The van der Waals surface area contributed by atoms with Crippen LogP contribution in [0.1, 0.15) is 6.42 Å². The molecule has 0 amide bonds. The summed E-state index contributed by atoms with van der Waals surface area (Å²) in [5.74, 6) is 0. The summed E-state index contributed by atoms with van der Waals surface area (Å²) in [5.41, 5.74) is -11.7. The molecule has 1 aliphatic carbocycles. The summed E-state index contributed by atoms with van der Waals surface area (Å²) < 4.78 is 147. The minimum atomic E-state index is -6.73. The molecule has 19 heavy (non-hydrogen) atoms. The molecule has 1 saturated carbocycles. The van der Waals surface area contributed by atoms with Crippen LogP contribution in [0.2, 0.25) is 0 Å². The van der Waals surface area contributed by atoms with Crippen molar-refractivity contribution in [1.29, 1.82) is 0 Å². The van der Waals surface area contributed by atoms with Gasteiger partial charge in [-0.2, -0.15) is 52.7 Å². The van der Waals surface area contributed by atoms with Crippen molar-refractivity contribution in [3.05, 3.63) is 0 Å². The van der Waals surface area contributed by atoms with Crippen LogP contribution in [-0.4, -0.2) is 24.7 Å². The molecule has 114 valence electrons. The van der Waals surface area contributed by atoms with Crippen molar-refractivity contribution in [3.8, 4) is 0 Å². The summed E-state index contributed by atoms with van der Waals surface area (Å²) >= 11 is 0. The third-order valence-corrected chi connectivity index (χ3v) is 3.07. The van der Waals surface area contributed by atoms with Gasteiger partial charge in [0.25, 0.3) is 0 Å². The first-order valence-electron chi connectivity index (χ1n) is 4.22. The lowest BCUT2D eigenvalue weighted by molar-refractivity contribution is -0.381. The van der Waals surface area contributed by atoms with E-state index in [2.05, 4.69) is 0 Å². The smallest absolute Gasteiger partial charge is 0.170 e. The predicted octanol–water partition coefficient (Wildman–Crippen LogP) is 4.61. The molecule has 12 heteroatoms. The van der Waals surface area contributed by atoms with Crippen LogP contribution in [0.25, 0.3) is 0 Å². The Bertz CT molecular complexity index is 298. The van der Waals surface area contributed by atoms with Crippen molar-refractivity contribution in [1.82, 2.24) is 0 Å². The van der Waals surface area contributed by atoms with Crippen LogP contribution >= 0.6 is 0 Å². The van der Waals surface area contributed by atoms with Crippen molar-refractivity contribution < 1.29 is 52.7 Å². The van der Waals surface area contributed by atoms with Gasteiger partial charge in [-0.05, 0) is 6.42 Å². The van der Waals surface area contributed by atoms with E-state index in [9.17, 15) is 52.7 Å². The first-order chi connectivity index (χ1) is 7.96. The Kier molecular flexibility index (Phi) is 2.92. The minimum Gasteiger partial charge on any atom is -0.170 e. The van der Waals surface area contributed by atoms with Gasteiger partial charge in [0.15, 0.2) is 10.8 Å². The van der Waals surface area contributed by atoms with E-state index < -0.39 is 42.0 Å². The zero-order valence-corrected chi connectivity index (χ0v) is 8.24. The average molecular weight is 314 g/mol. The maximum atomic E-state index is 12.2. The van der Waals surface area contributed by atoms with Crippen LogP contribution in [0.15, 0.2) is 0 Å². The molecule has 0 bridgehead atoms. The van der Waals surface area contributed by atoms with Crippen LogP contribution in [0.3, 0.4) is 0 Å². The highest BCUT2D eigenvalue weighted by molar-refractivity contribution is 5.27. The summed E-state index contributed by atoms with van der Waals surface area (Å²) in [6.45, 7) is 0. The fourth-order valence-electron chi connectivity index (χ4n) is 2.04. The van der Waals surface area contributed by atoms with E-state index in [-0.39, 0.29) is 0 Å². The topological polar surface area (TPSA) is 0 Å². The van der Waals surface area contributed by atoms with Gasteiger partial charge >= 0.3 is 24.7 Å². The van der Waals surface area contributed by atoms with Gasteiger partial charge in [0.2, 0.25) is 0 Å². The summed E-state index contributed by atoms with van der Waals surface area (Å²) in [7, 11) is 0. The Morgan fingerprint density at radius 2 is 0.579 bits per heavy atom. The van der Waals surface area contributed by atoms with E-state index >= 15 is 0 Å². The first-order valence-corrected chi connectivity index (χ1v) is 4.22. The summed E-state index contributed by atoms with van der Waals surface area (Å²) in [6, 6.07) is 0. The molecule has 0 aliphatic heterocycles. The fraction of sp³-hybridized carbons (Fsp3) is 1.00. The number of rotatable bonds is 0. The molecular weight excluding hydrogens is 312 g/mol. The summed E-state index contributed by atoms with van der Waals surface area (Å²) in [5, 5.41) is 0. The van der Waals surface area contributed by atoms with E-state index in [1.54, 1.807) is 0 Å². The standard InChI is InChI=1S/C7H2F12/c8-4(9,10)2(5(11,12)13)1-3(2,6(14,15)16)7(17,18)19/h1H2. The molecule has 0 heterocycles. The highest BCUT2D eigenvalue weighted by Gasteiger charge is 3.04. The minimum absolute atomic E-state index is 3.14. The second-order valence-corrected chi connectivity index (χ2v) is 3.98. The zero-order chi connectivity index (χ0) is 15.7. The number of halogens is 12. The molecule has 0 N–H and O–H groups in total. The van der Waals surface area contributed by atoms with Crippen LogP contribution in [0.5, 0.6) is 0 Å². The van der Waals surface area contributed by atoms with E-state index in [0.29, 0.717) is 0 Å². The monoisotopic (exact) mass is 314 g/mol. The zero-order valence-electron chi connectivity index (χ0n) is 8.24. The van der Waals surface area contributed by atoms with Gasteiger partial charge in [0.1, 0.15) is 0 Å². The van der Waals surface area contributed by atoms with Crippen molar-refractivity contribution in [3.63, 3.8) is 0 Å². The highest BCUT2D eigenvalue weighted by Crippen LogP contribution is 2.85. The molecule has 0 radical (unpaired) electrons. The second-order valence-electron chi connectivity index (χ2n) is 3.98. The van der Waals surface area contributed by atoms with E-state index in [4.69, 9.17) is 0 Å². The molecule has 0 aromatic heterocycles. The Morgan fingerprint density at radius 3 is 0.632 bits per heavy atom. The predicted molar refractivity (Wildman–Crippen MR) is 33.7 cm³/mol. The van der Waals surface area contributed by atoms with E-state index in [0.717, 1.165) is 0 Å². The van der Waals surface area contributed by atoms with E-state index in [1.165, 1.54) is 0 Å². The molecule has 0 atom stereocenters. The molecule has 0 nitrogen and oxygen atoms in total. The molecule has 1 fully saturated rings. The van der Waals surface area contributed by atoms with Crippen molar-refractivity contribution in [2.75, 3.05) is 0 Å². The lowest BCUT2D eigenvalue weighted by atomic mass is 9.89. The average Bonchev–Trinajstić information content (AvgIpc) is 2.67. The van der Waals surface area contributed by atoms with Gasteiger partial charge in [-0.15, -0.1) is 0 Å². The molecule has 0 saturated heterocycles. The Balaban J connectivity index is 3.59. The Labute approximate surface area is 95.9 Å². The highest BCUT2D eigenvalue weighted by atomic mass is 19.4. The molecule has 0 unspecified atom stereocenters. The number of hydrogen-bond donors (Lipinski definition) is 0. The molecule has 0 aromatic carbocycles. The van der Waals surface area contributed by atoms with Crippen LogP contribution < -0.4 is 0 Å². The number of hydrogen-bond acceptors (Lipinski definition) is 0. The molecule has 0 spiro atoms. The SMILES string of the molecule is FC(F)(F)C1(C(F)(F)F)CC1(C(F)(F)F)C(F)(F)F. The van der Waals surface area contributed by atoms with Crippen LogP contribution in [-0.2, 0) is 0 Å². The Hall–Kier alpha value is -0.840. The van der Waals surface area contributed by atoms with Gasteiger partial charge in [-0.1, -0.05) is 0 Å². The molecule has 1 rings (SSSR count). The van der Waals surface area contributed by atoms with Gasteiger partial charge in [0, 0.05) is 0 Å². The van der Waals surface area contributed by atoms with Crippen LogP contribution in [0.4, 0.5) is 52.7 Å². The van der Waals surface area contributed by atoms with Gasteiger partial charge < -0.3 is 0 Å². The van der Waals surface area contributed by atoms with Crippen molar-refractivity contribution in [2.24, 2.45) is 10.8 Å². The quantitative estimate of drug-likeness (QED) is 0.573. The largest absolute Gasteiger partial charge is 0.404 e. The maximum Gasteiger partial charge on any atom is 0.404 e. The van der Waals surface area contributed by atoms with Crippen LogP contribution in [0, 0.1) is 10.8 Å². The lowest BCUT2D eigenvalue weighted by Crippen LogP contribution is -2.53. The third-order valence-electron chi connectivity index (χ3n) is 3.07. The number of alkyl halides is 12. The second kappa shape index (κ2) is 3.43. The van der Waals surface area contributed by atoms with E-state index in [1.807, 2.05) is 0 Å².